The highest BCUT2D eigenvalue weighted by Crippen LogP contribution is 2.40. The fourth-order valence-electron chi connectivity index (χ4n) is 5.55. The van der Waals surface area contributed by atoms with Crippen LogP contribution in [0, 0.1) is 5.92 Å². The van der Waals surface area contributed by atoms with Gasteiger partial charge in [0, 0.05) is 12.1 Å². The van der Waals surface area contributed by atoms with Crippen LogP contribution in [0.1, 0.15) is 64.9 Å². The number of esters is 1. The molecule has 0 aromatic heterocycles. The highest BCUT2D eigenvalue weighted by atomic mass is 16.7. The molecule has 5 unspecified atom stereocenters. The van der Waals surface area contributed by atoms with E-state index in [1.54, 1.807) is 5.06 Å². The summed E-state index contributed by atoms with van der Waals surface area (Å²) >= 11 is 0. The van der Waals surface area contributed by atoms with E-state index >= 15 is 0 Å². The molecule has 5 atom stereocenters. The Labute approximate surface area is 198 Å². The lowest BCUT2D eigenvalue weighted by Crippen LogP contribution is -2.50. The maximum absolute atomic E-state index is 12.9. The van der Waals surface area contributed by atoms with Gasteiger partial charge in [0.05, 0.1) is 13.2 Å². The smallest absolute Gasteiger partial charge is 0.323 e. The number of fused-ring (bicyclic) bond motifs is 1. The van der Waals surface area contributed by atoms with Crippen molar-refractivity contribution >= 4 is 11.9 Å². The van der Waals surface area contributed by atoms with Gasteiger partial charge in [-0.1, -0.05) is 50.1 Å². The van der Waals surface area contributed by atoms with Crippen LogP contribution in [-0.2, 0) is 25.6 Å². The van der Waals surface area contributed by atoms with E-state index in [-0.39, 0.29) is 24.1 Å². The third-order valence-electron chi connectivity index (χ3n) is 7.22. The predicted octanol–water partition coefficient (Wildman–Crippen LogP) is 3.91. The molecule has 1 aromatic rings. The standard InChI is InChI=1S/C26H40N2O5/c1-4-27(23(26(31)32-5-2)16-15-20-11-7-6-8-12-20)19(3)18-33-28-22-14-10-9-13-21(22)17-24(28)25(29)30/h6-8,11-12,19,21-24H,4-5,9-10,13-18H2,1-3H3,(H,29,30). The van der Waals surface area contributed by atoms with Gasteiger partial charge >= 0.3 is 11.9 Å². The van der Waals surface area contributed by atoms with Crippen molar-refractivity contribution in [2.45, 2.75) is 89.9 Å². The molecular formula is C26H40N2O5. The van der Waals surface area contributed by atoms with E-state index in [1.807, 2.05) is 39.0 Å². The fraction of sp³-hybridized carbons (Fsp3) is 0.692. The van der Waals surface area contributed by atoms with Crippen molar-refractivity contribution in [3.8, 4) is 0 Å². The molecule has 7 nitrogen and oxygen atoms in total. The summed E-state index contributed by atoms with van der Waals surface area (Å²) in [5.41, 5.74) is 1.19. The van der Waals surface area contributed by atoms with Crippen molar-refractivity contribution in [1.29, 1.82) is 0 Å². The number of hydroxylamine groups is 2. The number of benzene rings is 1. The van der Waals surface area contributed by atoms with Crippen LogP contribution in [0.3, 0.4) is 0 Å². The van der Waals surface area contributed by atoms with Gasteiger partial charge in [0.2, 0.25) is 0 Å². The largest absolute Gasteiger partial charge is 0.480 e. The average molecular weight is 461 g/mol. The Morgan fingerprint density at radius 3 is 2.58 bits per heavy atom. The summed E-state index contributed by atoms with van der Waals surface area (Å²) in [5.74, 6) is -0.619. The van der Waals surface area contributed by atoms with Crippen molar-refractivity contribution in [1.82, 2.24) is 9.96 Å². The van der Waals surface area contributed by atoms with E-state index in [0.717, 1.165) is 25.7 Å². The molecule has 0 amide bonds. The number of hydrogen-bond acceptors (Lipinski definition) is 6. The number of aliphatic carboxylic acids is 1. The Kier molecular flexibility index (Phi) is 9.71. The summed E-state index contributed by atoms with van der Waals surface area (Å²) in [5, 5.41) is 11.5. The van der Waals surface area contributed by atoms with Crippen LogP contribution in [0.5, 0.6) is 0 Å². The summed E-state index contributed by atoms with van der Waals surface area (Å²) in [7, 11) is 0. The minimum atomic E-state index is -0.809. The van der Waals surface area contributed by atoms with Gasteiger partial charge in [0.25, 0.3) is 0 Å². The molecule has 1 saturated heterocycles. The fourth-order valence-corrected chi connectivity index (χ4v) is 5.55. The molecular weight excluding hydrogens is 420 g/mol. The molecule has 0 bridgehead atoms. The van der Waals surface area contributed by atoms with Gasteiger partial charge < -0.3 is 9.84 Å². The lowest BCUT2D eigenvalue weighted by molar-refractivity contribution is -0.215. The number of carbonyl (C=O) groups is 2. The SMILES string of the molecule is CCOC(=O)C(CCc1ccccc1)N(CC)C(C)CON1C(C(=O)O)CC2CCCCC21. The molecule has 184 valence electrons. The zero-order valence-corrected chi connectivity index (χ0v) is 20.3. The van der Waals surface area contributed by atoms with Crippen LogP contribution in [0.2, 0.25) is 0 Å². The normalized spacial score (nSPS) is 24.9. The van der Waals surface area contributed by atoms with Crippen LogP contribution in [0.25, 0.3) is 0 Å². The lowest BCUT2D eigenvalue weighted by Gasteiger charge is -2.37. The van der Waals surface area contributed by atoms with E-state index < -0.39 is 12.0 Å². The minimum Gasteiger partial charge on any atom is -0.480 e. The first-order valence-electron chi connectivity index (χ1n) is 12.6. The molecule has 1 aliphatic heterocycles. The molecule has 7 heteroatoms. The summed E-state index contributed by atoms with van der Waals surface area (Å²) < 4.78 is 5.41. The number of likely N-dealkylation sites (N-methyl/N-ethyl adjacent to an activating group) is 1. The van der Waals surface area contributed by atoms with Crippen LogP contribution < -0.4 is 0 Å². The van der Waals surface area contributed by atoms with E-state index in [1.165, 1.54) is 12.0 Å². The third kappa shape index (κ3) is 6.55. The van der Waals surface area contributed by atoms with E-state index in [2.05, 4.69) is 17.0 Å². The Morgan fingerprint density at radius 1 is 1.18 bits per heavy atom. The number of carboxylic acid groups (broad SMARTS) is 1. The van der Waals surface area contributed by atoms with Gasteiger partial charge in [-0.2, -0.15) is 5.06 Å². The van der Waals surface area contributed by atoms with Crippen LogP contribution >= 0.6 is 0 Å². The Bertz CT molecular complexity index is 758. The van der Waals surface area contributed by atoms with E-state index in [0.29, 0.717) is 38.5 Å². The van der Waals surface area contributed by atoms with Gasteiger partial charge in [-0.25, -0.2) is 0 Å². The molecule has 33 heavy (non-hydrogen) atoms. The van der Waals surface area contributed by atoms with Crippen molar-refractivity contribution in [3.05, 3.63) is 35.9 Å². The van der Waals surface area contributed by atoms with Gasteiger partial charge in [0.1, 0.15) is 12.1 Å². The Hall–Kier alpha value is -1.96. The minimum absolute atomic E-state index is 0.0581. The number of ether oxygens (including phenoxy) is 1. The predicted molar refractivity (Wildman–Crippen MR) is 127 cm³/mol. The molecule has 0 spiro atoms. The number of hydrogen-bond donors (Lipinski definition) is 1. The van der Waals surface area contributed by atoms with Gasteiger partial charge in [-0.05, 0) is 64.0 Å². The maximum Gasteiger partial charge on any atom is 0.323 e. The van der Waals surface area contributed by atoms with Crippen LogP contribution in [-0.4, -0.2) is 70.9 Å². The molecule has 2 aliphatic rings. The Balaban J connectivity index is 1.66. The molecule has 0 radical (unpaired) electrons. The Morgan fingerprint density at radius 2 is 1.91 bits per heavy atom. The number of aryl methyl sites for hydroxylation is 1. The quantitative estimate of drug-likeness (QED) is 0.474. The van der Waals surface area contributed by atoms with E-state index in [9.17, 15) is 14.7 Å². The number of nitrogens with zero attached hydrogens (tertiary/aromatic N) is 2. The van der Waals surface area contributed by atoms with Crippen molar-refractivity contribution in [2.75, 3.05) is 19.8 Å². The van der Waals surface area contributed by atoms with Gasteiger partial charge in [-0.3, -0.25) is 19.3 Å². The summed E-state index contributed by atoms with van der Waals surface area (Å²) in [6.45, 7) is 7.29. The van der Waals surface area contributed by atoms with Crippen molar-refractivity contribution in [3.63, 3.8) is 0 Å². The first-order valence-corrected chi connectivity index (χ1v) is 12.6. The van der Waals surface area contributed by atoms with Crippen molar-refractivity contribution in [2.24, 2.45) is 5.92 Å². The summed E-state index contributed by atoms with van der Waals surface area (Å²) in [6, 6.07) is 9.33. The summed E-state index contributed by atoms with van der Waals surface area (Å²) in [4.78, 5) is 33.1. The number of carboxylic acids is 1. The van der Waals surface area contributed by atoms with Crippen molar-refractivity contribution < 1.29 is 24.3 Å². The topological polar surface area (TPSA) is 79.3 Å². The highest BCUT2D eigenvalue weighted by Gasteiger charge is 2.46. The molecule has 3 rings (SSSR count). The lowest BCUT2D eigenvalue weighted by atomic mass is 9.85. The van der Waals surface area contributed by atoms with Crippen LogP contribution in [0.4, 0.5) is 0 Å². The zero-order chi connectivity index (χ0) is 23.8. The second kappa shape index (κ2) is 12.5. The third-order valence-corrected chi connectivity index (χ3v) is 7.22. The van der Waals surface area contributed by atoms with E-state index in [4.69, 9.17) is 9.57 Å². The molecule has 1 aromatic carbocycles. The van der Waals surface area contributed by atoms with Gasteiger partial charge in [0.15, 0.2) is 0 Å². The molecule has 1 heterocycles. The maximum atomic E-state index is 12.9. The first-order chi connectivity index (χ1) is 16.0. The van der Waals surface area contributed by atoms with Crippen LogP contribution in [0.15, 0.2) is 30.3 Å². The zero-order valence-electron chi connectivity index (χ0n) is 20.3. The average Bonchev–Trinajstić information content (AvgIpc) is 3.20. The second-order valence-electron chi connectivity index (χ2n) is 9.33. The molecule has 1 saturated carbocycles. The number of rotatable bonds is 12. The highest BCUT2D eigenvalue weighted by molar-refractivity contribution is 5.76. The van der Waals surface area contributed by atoms with Gasteiger partial charge in [-0.15, -0.1) is 0 Å². The number of carbonyl (C=O) groups excluding carboxylic acids is 1. The first kappa shape index (κ1) is 25.7. The summed E-state index contributed by atoms with van der Waals surface area (Å²) in [6.07, 6.45) is 6.46. The molecule has 2 fully saturated rings. The second-order valence-corrected chi connectivity index (χ2v) is 9.33. The molecule has 1 N–H and O–H groups in total. The molecule has 1 aliphatic carbocycles. The monoisotopic (exact) mass is 460 g/mol.